The summed E-state index contributed by atoms with van der Waals surface area (Å²) >= 11 is 6.50. The molecule has 7 N–H and O–H groups in total. The minimum absolute atomic E-state index is 0.220. The van der Waals surface area contributed by atoms with Gasteiger partial charge in [-0.05, 0) is 82.7 Å². The van der Waals surface area contributed by atoms with Crippen molar-refractivity contribution in [2.24, 2.45) is 17.4 Å². The number of aromatic nitrogens is 2. The van der Waals surface area contributed by atoms with E-state index in [-0.39, 0.29) is 22.9 Å². The molecule has 0 aliphatic heterocycles. The Morgan fingerprint density at radius 1 is 1.02 bits per heavy atom. The summed E-state index contributed by atoms with van der Waals surface area (Å²) in [6.45, 7) is 13.9. The lowest BCUT2D eigenvalue weighted by Gasteiger charge is -2.17. The van der Waals surface area contributed by atoms with Crippen LogP contribution >= 0.6 is 11.6 Å². The lowest BCUT2D eigenvalue weighted by atomic mass is 10.1. The van der Waals surface area contributed by atoms with Crippen LogP contribution in [0, 0.1) is 5.92 Å². The van der Waals surface area contributed by atoms with Crippen molar-refractivity contribution in [3.8, 4) is 0 Å². The Hall–Kier alpha value is -2.94. The summed E-state index contributed by atoms with van der Waals surface area (Å²) in [5, 5.41) is 6.26. The number of aromatic amines is 1. The Kier molecular flexibility index (Phi) is 17.6. The van der Waals surface area contributed by atoms with E-state index in [2.05, 4.69) is 41.6 Å². The van der Waals surface area contributed by atoms with E-state index in [4.69, 9.17) is 28.1 Å². The van der Waals surface area contributed by atoms with Gasteiger partial charge in [0.05, 0.1) is 22.5 Å². The van der Waals surface area contributed by atoms with E-state index in [1.165, 1.54) is 5.57 Å². The second-order valence-electron chi connectivity index (χ2n) is 9.75. The molecule has 2 amide bonds. The van der Waals surface area contributed by atoms with Crippen LogP contribution < -0.4 is 22.1 Å². The number of carbonyl (C=O) groups is 2. The first-order valence-electron chi connectivity index (χ1n) is 15.0. The molecule has 2 aliphatic rings. The maximum atomic E-state index is 13.3. The van der Waals surface area contributed by atoms with Crippen LogP contribution in [0.4, 0.5) is 0 Å². The number of imidazole rings is 1. The molecule has 8 nitrogen and oxygen atoms in total. The number of hydrogen-bond acceptors (Lipinski definition) is 5. The molecule has 0 radical (unpaired) electrons. The molecular formula is C32H51ClN6O2. The van der Waals surface area contributed by atoms with Crippen molar-refractivity contribution in [3.63, 3.8) is 0 Å². The van der Waals surface area contributed by atoms with Gasteiger partial charge >= 0.3 is 0 Å². The van der Waals surface area contributed by atoms with Gasteiger partial charge in [-0.15, -0.1) is 0 Å². The fraction of sp³-hybridized carbons (Fsp3) is 0.531. The van der Waals surface area contributed by atoms with Gasteiger partial charge in [0.1, 0.15) is 5.82 Å². The second kappa shape index (κ2) is 20.0. The number of nitrogens with zero attached hydrogens (tertiary/aromatic N) is 1. The third-order valence-corrected chi connectivity index (χ3v) is 6.84. The van der Waals surface area contributed by atoms with E-state index in [1.807, 2.05) is 33.8 Å². The molecule has 0 spiro atoms. The summed E-state index contributed by atoms with van der Waals surface area (Å²) in [5.41, 5.74) is 15.2. The molecular weight excluding hydrogens is 536 g/mol. The summed E-state index contributed by atoms with van der Waals surface area (Å²) in [6.07, 6.45) is 15.6. The first kappa shape index (κ1) is 36.1. The normalized spacial score (nSPS) is 15.4. The third kappa shape index (κ3) is 11.8. The van der Waals surface area contributed by atoms with Crippen LogP contribution in [0.3, 0.4) is 0 Å². The molecule has 3 rings (SSSR count). The van der Waals surface area contributed by atoms with Crippen LogP contribution in [-0.2, 0) is 9.59 Å². The fourth-order valence-electron chi connectivity index (χ4n) is 4.22. The van der Waals surface area contributed by atoms with E-state index in [0.717, 1.165) is 37.1 Å². The monoisotopic (exact) mass is 586 g/mol. The molecule has 2 aliphatic carbocycles. The number of rotatable bonds is 12. The zero-order valence-corrected chi connectivity index (χ0v) is 26.5. The van der Waals surface area contributed by atoms with Crippen molar-refractivity contribution in [3.05, 3.63) is 63.3 Å². The number of fused-ring (bicyclic) bond motifs is 1. The topological polar surface area (TPSA) is 139 Å². The molecule has 0 bridgehead atoms. The van der Waals surface area contributed by atoms with Gasteiger partial charge in [-0.25, -0.2) is 4.98 Å². The largest absolute Gasteiger partial charge is 0.352 e. The van der Waals surface area contributed by atoms with E-state index in [9.17, 15) is 9.59 Å². The summed E-state index contributed by atoms with van der Waals surface area (Å²) in [4.78, 5) is 34.1. The molecule has 9 heteroatoms. The Morgan fingerprint density at radius 2 is 1.73 bits per heavy atom. The smallest absolute Gasteiger partial charge is 0.251 e. The standard InChI is InChI=1S/C28H39ClN6O2.2C2H6/c1-18-7-3-11-23-25(15-18)34-26(33-23)24(12-5-13-30)35-27(36)20-9-4-10-21(22(29)16-20)28(37)32-14-6-8-19(2)17-31;2*1-2/h3-4,9,11,15-16,19,24H,5-8,10,12-14,17,30-31H2,1-2H3,(H,32,37)(H,33,34)(H,35,36);2*1-2H3. The molecule has 0 saturated carbocycles. The second-order valence-corrected chi connectivity index (χ2v) is 10.2. The number of nitrogens with one attached hydrogen (secondary N) is 3. The summed E-state index contributed by atoms with van der Waals surface area (Å²) in [7, 11) is 0. The van der Waals surface area contributed by atoms with E-state index >= 15 is 0 Å². The highest BCUT2D eigenvalue weighted by atomic mass is 35.5. The minimum Gasteiger partial charge on any atom is -0.352 e. The van der Waals surface area contributed by atoms with Gasteiger partial charge in [-0.2, -0.15) is 0 Å². The summed E-state index contributed by atoms with van der Waals surface area (Å²) < 4.78 is 0. The molecule has 1 aromatic heterocycles. The first-order valence-corrected chi connectivity index (χ1v) is 15.4. The molecule has 228 valence electrons. The van der Waals surface area contributed by atoms with Crippen LogP contribution in [0.25, 0.3) is 12.2 Å². The quantitative estimate of drug-likeness (QED) is 0.190. The number of H-pyrrole nitrogens is 1. The van der Waals surface area contributed by atoms with Gasteiger partial charge in [-0.1, -0.05) is 70.0 Å². The highest BCUT2D eigenvalue weighted by Gasteiger charge is 2.22. The number of carbonyl (C=O) groups excluding carboxylic acids is 2. The van der Waals surface area contributed by atoms with E-state index in [1.54, 1.807) is 18.2 Å². The zero-order chi connectivity index (χ0) is 30.8. The van der Waals surface area contributed by atoms with Gasteiger partial charge in [0.15, 0.2) is 0 Å². The number of hydrogen-bond donors (Lipinski definition) is 5. The van der Waals surface area contributed by atoms with Gasteiger partial charge in [0.25, 0.3) is 5.91 Å². The highest BCUT2D eigenvalue weighted by Crippen LogP contribution is 2.25. The average molecular weight is 587 g/mol. The minimum atomic E-state index is -0.343. The molecule has 1 heterocycles. The first-order chi connectivity index (χ1) is 19.8. The van der Waals surface area contributed by atoms with Crippen LogP contribution in [0.2, 0.25) is 0 Å². The predicted octanol–water partition coefficient (Wildman–Crippen LogP) is 6.05. The van der Waals surface area contributed by atoms with Crippen molar-refractivity contribution in [1.82, 2.24) is 20.6 Å². The molecule has 0 fully saturated rings. The van der Waals surface area contributed by atoms with Crippen molar-refractivity contribution < 1.29 is 9.59 Å². The SMILES string of the molecule is CC.CC.CC1=Cc2[nH]c(C(CCCN)NC(=O)C3=CC(Cl)=C(C(=O)NCCCC(C)CN)CC=C3)nc2C=CC1. The Labute approximate surface area is 251 Å². The summed E-state index contributed by atoms with van der Waals surface area (Å²) in [6, 6.07) is -0.343. The maximum absolute atomic E-state index is 13.3. The van der Waals surface area contributed by atoms with E-state index in [0.29, 0.717) is 55.4 Å². The van der Waals surface area contributed by atoms with Gasteiger partial charge < -0.3 is 27.1 Å². The molecule has 0 aromatic carbocycles. The highest BCUT2D eigenvalue weighted by molar-refractivity contribution is 6.34. The molecule has 0 saturated heterocycles. The van der Waals surface area contributed by atoms with Gasteiger partial charge in [-0.3, -0.25) is 9.59 Å². The van der Waals surface area contributed by atoms with Crippen molar-refractivity contribution in [2.45, 2.75) is 86.1 Å². The van der Waals surface area contributed by atoms with Crippen molar-refractivity contribution in [2.75, 3.05) is 19.6 Å². The molecule has 2 unspecified atom stereocenters. The molecule has 41 heavy (non-hydrogen) atoms. The van der Waals surface area contributed by atoms with Crippen LogP contribution in [0.5, 0.6) is 0 Å². The Morgan fingerprint density at radius 3 is 2.41 bits per heavy atom. The summed E-state index contributed by atoms with van der Waals surface area (Å²) in [5.74, 6) is 0.600. The van der Waals surface area contributed by atoms with Crippen LogP contribution in [-0.4, -0.2) is 41.4 Å². The van der Waals surface area contributed by atoms with Gasteiger partial charge in [0, 0.05) is 17.7 Å². The molecule has 2 atom stereocenters. The van der Waals surface area contributed by atoms with Crippen molar-refractivity contribution >= 4 is 35.6 Å². The van der Waals surface area contributed by atoms with E-state index < -0.39 is 0 Å². The number of amides is 2. The van der Waals surface area contributed by atoms with Crippen LogP contribution in [0.15, 0.2) is 46.1 Å². The zero-order valence-electron chi connectivity index (χ0n) is 25.8. The number of nitrogens with two attached hydrogens (primary N) is 2. The number of halogens is 1. The lowest BCUT2D eigenvalue weighted by molar-refractivity contribution is -0.118. The van der Waals surface area contributed by atoms with Crippen molar-refractivity contribution in [1.29, 1.82) is 0 Å². The molecule has 1 aromatic rings. The number of allylic oxidation sites excluding steroid dienone is 5. The van der Waals surface area contributed by atoms with Crippen LogP contribution in [0.1, 0.15) is 103 Å². The maximum Gasteiger partial charge on any atom is 0.251 e. The lowest BCUT2D eigenvalue weighted by Crippen LogP contribution is -2.30. The fourth-order valence-corrected chi connectivity index (χ4v) is 4.50. The predicted molar refractivity (Wildman–Crippen MR) is 173 cm³/mol. The average Bonchev–Trinajstić information content (AvgIpc) is 3.14. The van der Waals surface area contributed by atoms with Gasteiger partial charge in [0.2, 0.25) is 5.91 Å². The Bertz CT molecular complexity index is 1130. The Balaban J connectivity index is 0.00000201. The third-order valence-electron chi connectivity index (χ3n) is 6.51.